The van der Waals surface area contributed by atoms with Gasteiger partial charge in [0.2, 0.25) is 5.91 Å². The van der Waals surface area contributed by atoms with E-state index in [1.165, 1.54) is 4.90 Å². The molecule has 0 saturated heterocycles. The predicted molar refractivity (Wildman–Crippen MR) is 241 cm³/mol. The molecule has 0 spiro atoms. The highest BCUT2D eigenvalue weighted by atomic mass is 16.6. The predicted octanol–water partition coefficient (Wildman–Crippen LogP) is 6.85. The number of alkyl carbamates (subject to hydrolysis) is 4. The topological polar surface area (TPSA) is 215 Å². The minimum atomic E-state index is -0.948. The number of carbonyl (C=O) groups excluding carboxylic acids is 6. The molecule has 0 saturated carbocycles. The van der Waals surface area contributed by atoms with Crippen molar-refractivity contribution in [3.05, 3.63) is 35.9 Å². The molecule has 0 aliphatic rings. The molecule has 1 rings (SSSR count). The van der Waals surface area contributed by atoms with Crippen molar-refractivity contribution >= 4 is 36.4 Å². The Hall–Kier alpha value is -5.00. The van der Waals surface area contributed by atoms with Crippen LogP contribution >= 0.6 is 0 Å². The van der Waals surface area contributed by atoms with Crippen LogP contribution in [0.15, 0.2) is 30.3 Å². The van der Waals surface area contributed by atoms with E-state index >= 15 is 0 Å². The molecule has 0 radical (unpaired) electrons. The fourth-order valence-electron chi connectivity index (χ4n) is 5.74. The van der Waals surface area contributed by atoms with Gasteiger partial charge in [-0.1, -0.05) is 30.3 Å². The van der Waals surface area contributed by atoms with Crippen molar-refractivity contribution in [2.24, 2.45) is 0 Å². The van der Waals surface area contributed by atoms with E-state index in [1.807, 2.05) is 30.3 Å². The lowest BCUT2D eigenvalue weighted by molar-refractivity contribution is -0.126. The average molecular weight is 894 g/mol. The van der Waals surface area contributed by atoms with E-state index in [1.54, 1.807) is 83.1 Å². The van der Waals surface area contributed by atoms with Crippen LogP contribution in [0, 0.1) is 0 Å². The monoisotopic (exact) mass is 894 g/mol. The Morgan fingerprint density at radius 2 is 0.905 bits per heavy atom. The van der Waals surface area contributed by atoms with E-state index in [0.29, 0.717) is 64.8 Å². The van der Waals surface area contributed by atoms with Gasteiger partial charge in [-0.25, -0.2) is 24.0 Å². The van der Waals surface area contributed by atoms with Crippen molar-refractivity contribution in [1.29, 1.82) is 0 Å². The summed E-state index contributed by atoms with van der Waals surface area (Å²) in [6.45, 7) is 24.5. The molecule has 0 bridgehead atoms. The first-order chi connectivity index (χ1) is 29.2. The SMILES string of the molecule is CC(C)(C)OC(=O)NCCCN(CCCCC(C(=O)NCCNC(=O)OCc1ccccc1)N(CCCNC(=O)OC(C)(C)C)C(=O)OC(C)(C)C)CCCNC(=O)OC(C)(C)C. The number of benzene rings is 1. The summed E-state index contributed by atoms with van der Waals surface area (Å²) >= 11 is 0. The number of carbonyl (C=O) groups is 6. The Morgan fingerprint density at radius 3 is 1.37 bits per heavy atom. The molecule has 0 aromatic heterocycles. The van der Waals surface area contributed by atoms with Crippen molar-refractivity contribution in [3.8, 4) is 0 Å². The number of rotatable bonds is 24. The molecule has 63 heavy (non-hydrogen) atoms. The first kappa shape index (κ1) is 56.0. The van der Waals surface area contributed by atoms with Crippen molar-refractivity contribution in [1.82, 2.24) is 36.4 Å². The number of nitrogens with one attached hydrogen (secondary N) is 5. The maximum absolute atomic E-state index is 14.0. The molecule has 1 aromatic carbocycles. The zero-order chi connectivity index (χ0) is 47.7. The van der Waals surface area contributed by atoms with Crippen molar-refractivity contribution < 1.29 is 52.5 Å². The van der Waals surface area contributed by atoms with Crippen LogP contribution in [0.1, 0.15) is 127 Å². The molecule has 360 valence electrons. The van der Waals surface area contributed by atoms with Crippen LogP contribution in [0.2, 0.25) is 0 Å². The maximum Gasteiger partial charge on any atom is 0.410 e. The van der Waals surface area contributed by atoms with Gasteiger partial charge in [0, 0.05) is 39.3 Å². The third-order valence-electron chi connectivity index (χ3n) is 8.30. The van der Waals surface area contributed by atoms with E-state index in [0.717, 1.165) is 5.56 Å². The number of hydrogen-bond donors (Lipinski definition) is 5. The third kappa shape index (κ3) is 30.7. The molecule has 0 heterocycles. The smallest absolute Gasteiger partial charge is 0.410 e. The zero-order valence-electron chi connectivity index (χ0n) is 40.2. The third-order valence-corrected chi connectivity index (χ3v) is 8.30. The van der Waals surface area contributed by atoms with E-state index in [4.69, 9.17) is 23.7 Å². The molecule has 1 atom stereocenters. The summed E-state index contributed by atoms with van der Waals surface area (Å²) in [7, 11) is 0. The van der Waals surface area contributed by atoms with Crippen LogP contribution in [0.4, 0.5) is 24.0 Å². The molecule has 1 unspecified atom stereocenters. The van der Waals surface area contributed by atoms with E-state index in [2.05, 4.69) is 31.5 Å². The largest absolute Gasteiger partial charge is 0.445 e. The molecule has 18 nitrogen and oxygen atoms in total. The van der Waals surface area contributed by atoms with E-state index in [9.17, 15) is 28.8 Å². The van der Waals surface area contributed by atoms with Gasteiger partial charge in [-0.15, -0.1) is 0 Å². The van der Waals surface area contributed by atoms with Gasteiger partial charge < -0.3 is 55.2 Å². The normalized spacial score (nSPS) is 12.3. The molecule has 0 aliphatic heterocycles. The lowest BCUT2D eigenvalue weighted by Gasteiger charge is -2.33. The molecule has 0 fully saturated rings. The Labute approximate surface area is 375 Å². The van der Waals surface area contributed by atoms with Gasteiger partial charge in [-0.05, 0) is 147 Å². The van der Waals surface area contributed by atoms with Gasteiger partial charge in [0.05, 0.1) is 0 Å². The fraction of sp³-hybridized carbons (Fsp3) is 0.733. The van der Waals surface area contributed by atoms with Crippen molar-refractivity contribution in [3.63, 3.8) is 0 Å². The zero-order valence-corrected chi connectivity index (χ0v) is 40.2. The second-order valence-electron chi connectivity index (χ2n) is 19.2. The van der Waals surface area contributed by atoms with Crippen LogP contribution < -0.4 is 26.6 Å². The van der Waals surface area contributed by atoms with Gasteiger partial charge >= 0.3 is 30.5 Å². The second kappa shape index (κ2) is 27.9. The van der Waals surface area contributed by atoms with Crippen molar-refractivity contribution in [2.45, 2.75) is 157 Å². The van der Waals surface area contributed by atoms with Gasteiger partial charge in [0.25, 0.3) is 0 Å². The Kier molecular flexibility index (Phi) is 24.8. The Morgan fingerprint density at radius 1 is 0.492 bits per heavy atom. The fourth-order valence-corrected chi connectivity index (χ4v) is 5.74. The molecule has 0 aliphatic carbocycles. The van der Waals surface area contributed by atoms with Crippen LogP contribution in [-0.2, 0) is 35.1 Å². The second-order valence-corrected chi connectivity index (χ2v) is 19.2. The highest BCUT2D eigenvalue weighted by Crippen LogP contribution is 2.18. The molecule has 1 aromatic rings. The van der Waals surface area contributed by atoms with Gasteiger partial charge in [0.1, 0.15) is 35.1 Å². The quantitative estimate of drug-likeness (QED) is 0.0532. The Balaban J connectivity index is 3.10. The minimum Gasteiger partial charge on any atom is -0.445 e. The number of unbranched alkanes of at least 4 members (excludes halogenated alkanes) is 1. The summed E-state index contributed by atoms with van der Waals surface area (Å²) in [5.74, 6) is -0.432. The summed E-state index contributed by atoms with van der Waals surface area (Å²) in [6.07, 6.45) is 0.167. The highest BCUT2D eigenvalue weighted by molar-refractivity contribution is 5.85. The van der Waals surface area contributed by atoms with Gasteiger partial charge in [-0.2, -0.15) is 0 Å². The Bertz CT molecular complexity index is 1500. The number of nitrogens with zero attached hydrogens (tertiary/aromatic N) is 2. The lowest BCUT2D eigenvalue weighted by atomic mass is 10.1. The lowest BCUT2D eigenvalue weighted by Crippen LogP contribution is -2.52. The standard InChI is InChI=1S/C45H79N7O11/c1-42(2,3)60-38(55)47-24-18-30-51(31-19-25-48-39(56)61-43(4,5)6)29-17-16-23-35(36(53)46-27-28-50-37(54)59-33-34-21-14-13-15-22-34)52(41(58)63-45(10,11)12)32-20-26-49-40(57)62-44(7,8)9/h13-15,21-22,35H,16-20,23-33H2,1-12H3,(H,46,53)(H,47,55)(H,48,56)(H,49,57)(H,50,54). The summed E-state index contributed by atoms with van der Waals surface area (Å²) < 4.78 is 27.1. The maximum atomic E-state index is 14.0. The average Bonchev–Trinajstić information content (AvgIpc) is 3.13. The van der Waals surface area contributed by atoms with Crippen molar-refractivity contribution in [2.75, 3.05) is 58.9 Å². The van der Waals surface area contributed by atoms with Crippen LogP contribution in [0.25, 0.3) is 0 Å². The minimum absolute atomic E-state index is 0.0700. The van der Waals surface area contributed by atoms with E-state index in [-0.39, 0.29) is 39.2 Å². The highest BCUT2D eigenvalue weighted by Gasteiger charge is 2.33. The summed E-state index contributed by atoms with van der Waals surface area (Å²) in [4.78, 5) is 80.5. The van der Waals surface area contributed by atoms with Crippen LogP contribution in [0.5, 0.6) is 0 Å². The number of amides is 6. The number of ether oxygens (including phenoxy) is 5. The summed E-state index contributed by atoms with van der Waals surface area (Å²) in [6, 6.07) is 8.30. The molecule has 18 heteroatoms. The van der Waals surface area contributed by atoms with E-state index < -0.39 is 64.8 Å². The summed E-state index contributed by atoms with van der Waals surface area (Å²) in [5, 5.41) is 13.8. The molecule has 6 amide bonds. The number of hydrogen-bond acceptors (Lipinski definition) is 12. The van der Waals surface area contributed by atoms with Gasteiger partial charge in [0.15, 0.2) is 0 Å². The van der Waals surface area contributed by atoms with Gasteiger partial charge in [-0.3, -0.25) is 9.69 Å². The summed E-state index contributed by atoms with van der Waals surface area (Å²) in [5.41, 5.74) is -1.94. The first-order valence-electron chi connectivity index (χ1n) is 22.1. The first-order valence-corrected chi connectivity index (χ1v) is 22.1. The molecular formula is C45H79N7O11. The molecular weight excluding hydrogens is 815 g/mol. The van der Waals surface area contributed by atoms with Crippen LogP contribution in [-0.4, -0.2) is 134 Å². The van der Waals surface area contributed by atoms with Crippen LogP contribution in [0.3, 0.4) is 0 Å². The molecule has 5 N–H and O–H groups in total.